The van der Waals surface area contributed by atoms with E-state index in [-0.39, 0.29) is 11.3 Å². The molecule has 0 heterocycles. The molecule has 2 rings (SSSR count). The van der Waals surface area contributed by atoms with Crippen molar-refractivity contribution in [3.05, 3.63) is 59.2 Å². The normalized spacial score (nSPS) is 10.4. The van der Waals surface area contributed by atoms with Crippen molar-refractivity contribution in [3.63, 3.8) is 0 Å². The first-order chi connectivity index (χ1) is 10.8. The smallest absolute Gasteiger partial charge is 0.323 e. The average Bonchev–Trinajstić information content (AvgIpc) is 2.45. The molecule has 0 saturated carbocycles. The van der Waals surface area contributed by atoms with Crippen LogP contribution >= 0.6 is 0 Å². The van der Waals surface area contributed by atoms with Gasteiger partial charge in [-0.3, -0.25) is 9.69 Å². The van der Waals surface area contributed by atoms with Crippen LogP contribution in [0.4, 0.5) is 25.0 Å². The van der Waals surface area contributed by atoms with Gasteiger partial charge in [-0.25, -0.2) is 13.6 Å². The zero-order valence-electron chi connectivity index (χ0n) is 12.2. The molecule has 2 amide bonds. The Morgan fingerprint density at radius 1 is 1.13 bits per heavy atom. The van der Waals surface area contributed by atoms with Crippen LogP contribution in [-0.2, 0) is 11.2 Å². The second kappa shape index (κ2) is 6.43. The Hall–Kier alpha value is -2.96. The van der Waals surface area contributed by atoms with Crippen LogP contribution in [0.1, 0.15) is 11.1 Å². The monoisotopic (exact) mass is 320 g/mol. The van der Waals surface area contributed by atoms with E-state index in [0.717, 1.165) is 17.0 Å². The van der Waals surface area contributed by atoms with E-state index in [4.69, 9.17) is 10.8 Å². The fraction of sp³-hybridized carbons (Fsp3) is 0.125. The number of hydrogen-bond acceptors (Lipinski definition) is 2. The van der Waals surface area contributed by atoms with E-state index in [2.05, 4.69) is 0 Å². The molecule has 0 saturated heterocycles. The van der Waals surface area contributed by atoms with Crippen molar-refractivity contribution in [1.29, 1.82) is 0 Å². The van der Waals surface area contributed by atoms with Crippen LogP contribution in [0.15, 0.2) is 36.4 Å². The van der Waals surface area contributed by atoms with Crippen molar-refractivity contribution in [3.8, 4) is 0 Å². The van der Waals surface area contributed by atoms with Crippen molar-refractivity contribution in [2.24, 2.45) is 5.73 Å². The largest absolute Gasteiger partial charge is 0.481 e. The predicted octanol–water partition coefficient (Wildman–Crippen LogP) is 3.12. The maximum atomic E-state index is 14.3. The number of carbonyl (C=O) groups excluding carboxylic acids is 1. The highest BCUT2D eigenvalue weighted by Gasteiger charge is 2.23. The molecule has 120 valence electrons. The third kappa shape index (κ3) is 3.45. The second-order valence-electron chi connectivity index (χ2n) is 4.93. The van der Waals surface area contributed by atoms with E-state index in [1.807, 2.05) is 0 Å². The first-order valence-corrected chi connectivity index (χ1v) is 6.66. The molecule has 0 fully saturated rings. The van der Waals surface area contributed by atoms with Crippen LogP contribution in [0, 0.1) is 18.6 Å². The number of primary amides is 1. The standard InChI is InChI=1S/C16H14F2N2O3/c1-9-4-2-3-5-13(9)20(16(19)23)14-8-11(17)10(6-12(14)18)7-15(21)22/h2-6,8H,7H2,1H3,(H2,19,23)(H,21,22). The molecule has 0 aromatic heterocycles. The Bertz CT molecular complexity index is 778. The van der Waals surface area contributed by atoms with Gasteiger partial charge in [0.2, 0.25) is 0 Å². The molecule has 0 aliphatic heterocycles. The second-order valence-corrected chi connectivity index (χ2v) is 4.93. The molecular weight excluding hydrogens is 306 g/mol. The number of hydrogen-bond donors (Lipinski definition) is 2. The van der Waals surface area contributed by atoms with Crippen LogP contribution in [-0.4, -0.2) is 17.1 Å². The maximum absolute atomic E-state index is 14.3. The van der Waals surface area contributed by atoms with Gasteiger partial charge in [-0.15, -0.1) is 0 Å². The van der Waals surface area contributed by atoms with Crippen molar-refractivity contribution >= 4 is 23.4 Å². The summed E-state index contributed by atoms with van der Waals surface area (Å²) in [5, 5.41) is 8.69. The van der Waals surface area contributed by atoms with E-state index in [0.29, 0.717) is 11.3 Å². The number of rotatable bonds is 4. The van der Waals surface area contributed by atoms with Gasteiger partial charge in [-0.1, -0.05) is 18.2 Å². The van der Waals surface area contributed by atoms with Crippen LogP contribution in [0.2, 0.25) is 0 Å². The topological polar surface area (TPSA) is 83.6 Å². The Morgan fingerprint density at radius 2 is 1.78 bits per heavy atom. The summed E-state index contributed by atoms with van der Waals surface area (Å²) in [6, 6.07) is 7.14. The fourth-order valence-electron chi connectivity index (χ4n) is 2.23. The average molecular weight is 320 g/mol. The van der Waals surface area contributed by atoms with Gasteiger partial charge in [0.25, 0.3) is 0 Å². The van der Waals surface area contributed by atoms with Crippen molar-refractivity contribution < 1.29 is 23.5 Å². The number of anilines is 2. The third-order valence-electron chi connectivity index (χ3n) is 3.28. The minimum Gasteiger partial charge on any atom is -0.481 e. The zero-order chi connectivity index (χ0) is 17.1. The fourth-order valence-corrected chi connectivity index (χ4v) is 2.23. The van der Waals surface area contributed by atoms with Gasteiger partial charge < -0.3 is 10.8 Å². The Balaban J connectivity index is 2.57. The minimum absolute atomic E-state index is 0.310. The SMILES string of the molecule is Cc1ccccc1N(C(N)=O)c1cc(F)c(CC(=O)O)cc1F. The molecule has 0 atom stereocenters. The first-order valence-electron chi connectivity index (χ1n) is 6.66. The number of para-hydroxylation sites is 1. The number of carboxylic acid groups (broad SMARTS) is 1. The van der Waals surface area contributed by atoms with E-state index >= 15 is 0 Å². The molecule has 0 radical (unpaired) electrons. The highest BCUT2D eigenvalue weighted by atomic mass is 19.1. The molecule has 0 bridgehead atoms. The Kier molecular flexibility index (Phi) is 4.59. The summed E-state index contributed by atoms with van der Waals surface area (Å²) >= 11 is 0. The van der Waals surface area contributed by atoms with Crippen molar-refractivity contribution in [1.82, 2.24) is 0 Å². The number of carbonyl (C=O) groups is 2. The maximum Gasteiger partial charge on any atom is 0.323 e. The molecule has 5 nitrogen and oxygen atoms in total. The predicted molar refractivity (Wildman–Crippen MR) is 80.6 cm³/mol. The summed E-state index contributed by atoms with van der Waals surface area (Å²) in [6.45, 7) is 1.69. The zero-order valence-corrected chi connectivity index (χ0v) is 12.2. The number of urea groups is 1. The van der Waals surface area contributed by atoms with E-state index in [9.17, 15) is 18.4 Å². The van der Waals surface area contributed by atoms with E-state index in [1.54, 1.807) is 31.2 Å². The highest BCUT2D eigenvalue weighted by molar-refractivity contribution is 5.99. The minimum atomic E-state index is -1.29. The molecule has 7 heteroatoms. The van der Waals surface area contributed by atoms with Crippen LogP contribution in [0.5, 0.6) is 0 Å². The van der Waals surface area contributed by atoms with E-state index < -0.39 is 30.1 Å². The Morgan fingerprint density at radius 3 is 2.35 bits per heavy atom. The van der Waals surface area contributed by atoms with Crippen LogP contribution < -0.4 is 10.6 Å². The lowest BCUT2D eigenvalue weighted by Crippen LogP contribution is -2.32. The summed E-state index contributed by atoms with van der Waals surface area (Å²) in [4.78, 5) is 23.2. The lowest BCUT2D eigenvalue weighted by Gasteiger charge is -2.23. The van der Waals surface area contributed by atoms with Gasteiger partial charge in [-0.2, -0.15) is 0 Å². The summed E-state index contributed by atoms with van der Waals surface area (Å²) < 4.78 is 28.3. The lowest BCUT2D eigenvalue weighted by molar-refractivity contribution is -0.136. The van der Waals surface area contributed by atoms with Gasteiger partial charge in [0, 0.05) is 11.6 Å². The Labute approximate surface area is 130 Å². The molecule has 2 aromatic rings. The highest BCUT2D eigenvalue weighted by Crippen LogP contribution is 2.31. The number of amides is 2. The molecule has 2 aromatic carbocycles. The van der Waals surface area contributed by atoms with Crippen LogP contribution in [0.3, 0.4) is 0 Å². The van der Waals surface area contributed by atoms with Crippen LogP contribution in [0.25, 0.3) is 0 Å². The summed E-state index contributed by atoms with van der Waals surface area (Å²) in [5.41, 5.74) is 5.57. The number of nitrogens with two attached hydrogens (primary N) is 1. The first kappa shape index (κ1) is 16.4. The number of aryl methyl sites for hydroxylation is 1. The van der Waals surface area contributed by atoms with Gasteiger partial charge >= 0.3 is 12.0 Å². The molecular formula is C16H14F2N2O3. The molecule has 3 N–H and O–H groups in total. The summed E-state index contributed by atoms with van der Waals surface area (Å²) in [5.74, 6) is -3.16. The molecule has 0 unspecified atom stereocenters. The summed E-state index contributed by atoms with van der Waals surface area (Å²) in [7, 11) is 0. The third-order valence-corrected chi connectivity index (χ3v) is 3.28. The lowest BCUT2D eigenvalue weighted by atomic mass is 10.1. The summed E-state index contributed by atoms with van der Waals surface area (Å²) in [6.07, 6.45) is -0.663. The molecule has 0 spiro atoms. The van der Waals surface area contributed by atoms with Crippen molar-refractivity contribution in [2.45, 2.75) is 13.3 Å². The van der Waals surface area contributed by atoms with Gasteiger partial charge in [-0.05, 0) is 24.6 Å². The molecule has 0 aliphatic rings. The number of nitrogens with zero attached hydrogens (tertiary/aromatic N) is 1. The number of benzene rings is 2. The number of carboxylic acids is 1. The van der Waals surface area contributed by atoms with Gasteiger partial charge in [0.15, 0.2) is 0 Å². The quantitative estimate of drug-likeness (QED) is 0.908. The molecule has 0 aliphatic carbocycles. The number of halogens is 2. The van der Waals surface area contributed by atoms with Gasteiger partial charge in [0.05, 0.1) is 17.8 Å². The number of aliphatic carboxylic acids is 1. The molecule has 23 heavy (non-hydrogen) atoms. The van der Waals surface area contributed by atoms with Gasteiger partial charge in [0.1, 0.15) is 11.6 Å². The van der Waals surface area contributed by atoms with Crippen molar-refractivity contribution in [2.75, 3.05) is 4.90 Å². The van der Waals surface area contributed by atoms with E-state index in [1.165, 1.54) is 0 Å².